The number of anilines is 1. The zero-order chi connectivity index (χ0) is 20.4. The largest absolute Gasteiger partial charge is 0.332 e. The molecule has 146 valence electrons. The normalized spacial score (nSPS) is 12.1. The van der Waals surface area contributed by atoms with Crippen molar-refractivity contribution in [2.75, 3.05) is 5.32 Å². The van der Waals surface area contributed by atoms with Crippen molar-refractivity contribution in [1.82, 2.24) is 9.13 Å². The standard InChI is InChI=1S/C21H22BrN3O3/c1-4-14(3)25-20(27)16-7-5-6-8-18(16)24(21(25)28)12-19(26)23-17-10-9-15(22)11-13(17)2/h5-11,14H,4,12H2,1-3H3,(H,23,26)/t14-/m0/s1. The summed E-state index contributed by atoms with van der Waals surface area (Å²) in [6, 6.07) is 12.2. The molecule has 0 radical (unpaired) electrons. The van der Waals surface area contributed by atoms with Crippen molar-refractivity contribution >= 4 is 38.4 Å². The Morgan fingerprint density at radius 1 is 1.18 bits per heavy atom. The zero-order valence-corrected chi connectivity index (χ0v) is 17.6. The van der Waals surface area contributed by atoms with Gasteiger partial charge in [-0.3, -0.25) is 18.7 Å². The molecule has 2 aromatic carbocycles. The van der Waals surface area contributed by atoms with Crippen molar-refractivity contribution in [1.29, 1.82) is 0 Å². The fraction of sp³-hybridized carbons (Fsp3) is 0.286. The Morgan fingerprint density at radius 3 is 2.57 bits per heavy atom. The summed E-state index contributed by atoms with van der Waals surface area (Å²) in [5.41, 5.74) is 1.25. The van der Waals surface area contributed by atoms with Crippen LogP contribution in [0.2, 0.25) is 0 Å². The number of hydrogen-bond donors (Lipinski definition) is 1. The molecule has 0 aliphatic rings. The van der Waals surface area contributed by atoms with Gasteiger partial charge < -0.3 is 5.32 Å². The Balaban J connectivity index is 2.06. The molecule has 0 aliphatic heterocycles. The number of nitrogens with zero attached hydrogens (tertiary/aromatic N) is 2. The fourth-order valence-corrected chi connectivity index (χ4v) is 3.64. The van der Waals surface area contributed by atoms with Crippen LogP contribution in [-0.4, -0.2) is 15.0 Å². The maximum absolute atomic E-state index is 13.0. The van der Waals surface area contributed by atoms with Crippen molar-refractivity contribution in [2.45, 2.75) is 39.8 Å². The van der Waals surface area contributed by atoms with Crippen molar-refractivity contribution in [3.63, 3.8) is 0 Å². The average Bonchev–Trinajstić information content (AvgIpc) is 2.67. The predicted molar refractivity (Wildman–Crippen MR) is 115 cm³/mol. The summed E-state index contributed by atoms with van der Waals surface area (Å²) in [6.45, 7) is 5.46. The number of aryl methyl sites for hydroxylation is 1. The fourth-order valence-electron chi connectivity index (χ4n) is 3.16. The lowest BCUT2D eigenvalue weighted by atomic mass is 10.2. The van der Waals surface area contributed by atoms with Crippen molar-refractivity contribution in [2.24, 2.45) is 0 Å². The van der Waals surface area contributed by atoms with E-state index < -0.39 is 5.69 Å². The Bertz CT molecular complexity index is 1160. The van der Waals surface area contributed by atoms with Gasteiger partial charge in [0.2, 0.25) is 5.91 Å². The van der Waals surface area contributed by atoms with Crippen LogP contribution < -0.4 is 16.6 Å². The highest BCUT2D eigenvalue weighted by molar-refractivity contribution is 9.10. The number of para-hydroxylation sites is 1. The van der Waals surface area contributed by atoms with Crippen LogP contribution in [0.25, 0.3) is 10.9 Å². The van der Waals surface area contributed by atoms with E-state index in [1.807, 2.05) is 32.9 Å². The number of halogens is 1. The average molecular weight is 444 g/mol. The summed E-state index contributed by atoms with van der Waals surface area (Å²) in [5.74, 6) is -0.327. The molecular weight excluding hydrogens is 422 g/mol. The number of hydrogen-bond acceptors (Lipinski definition) is 3. The van der Waals surface area contributed by atoms with E-state index in [0.717, 1.165) is 10.0 Å². The third kappa shape index (κ3) is 3.80. The zero-order valence-electron chi connectivity index (χ0n) is 16.0. The second-order valence-electron chi connectivity index (χ2n) is 6.83. The number of rotatable bonds is 5. The van der Waals surface area contributed by atoms with E-state index >= 15 is 0 Å². The van der Waals surface area contributed by atoms with E-state index in [4.69, 9.17) is 0 Å². The van der Waals surface area contributed by atoms with Gasteiger partial charge in [-0.1, -0.05) is 35.0 Å². The molecule has 1 atom stereocenters. The maximum atomic E-state index is 13.0. The molecule has 0 unspecified atom stereocenters. The summed E-state index contributed by atoms with van der Waals surface area (Å²) in [4.78, 5) is 38.5. The maximum Gasteiger partial charge on any atom is 0.332 e. The smallest absolute Gasteiger partial charge is 0.324 e. The lowest BCUT2D eigenvalue weighted by Crippen LogP contribution is -2.43. The molecule has 0 bridgehead atoms. The summed E-state index contributed by atoms with van der Waals surface area (Å²) in [6.07, 6.45) is 0.637. The van der Waals surface area contributed by atoms with Crippen LogP contribution in [-0.2, 0) is 11.3 Å². The lowest BCUT2D eigenvalue weighted by molar-refractivity contribution is -0.116. The molecule has 1 amide bonds. The van der Waals surface area contributed by atoms with E-state index in [1.165, 1.54) is 9.13 Å². The molecule has 3 rings (SSSR count). The molecule has 28 heavy (non-hydrogen) atoms. The second-order valence-corrected chi connectivity index (χ2v) is 7.74. The lowest BCUT2D eigenvalue weighted by Gasteiger charge is -2.17. The van der Waals surface area contributed by atoms with Gasteiger partial charge in [0.05, 0.1) is 10.9 Å². The van der Waals surface area contributed by atoms with Crippen LogP contribution in [0.15, 0.2) is 56.5 Å². The molecule has 1 aromatic heterocycles. The third-order valence-corrected chi connectivity index (χ3v) is 5.37. The van der Waals surface area contributed by atoms with Crippen LogP contribution in [0.1, 0.15) is 31.9 Å². The van der Waals surface area contributed by atoms with Crippen molar-refractivity contribution in [3.8, 4) is 0 Å². The summed E-state index contributed by atoms with van der Waals surface area (Å²) >= 11 is 3.40. The van der Waals surface area contributed by atoms with Gasteiger partial charge in [0.15, 0.2) is 0 Å². The molecule has 1 N–H and O–H groups in total. The molecule has 6 nitrogen and oxygen atoms in total. The molecule has 0 fully saturated rings. The first kappa shape index (κ1) is 20.1. The highest BCUT2D eigenvalue weighted by Crippen LogP contribution is 2.20. The van der Waals surface area contributed by atoms with E-state index in [0.29, 0.717) is 23.0 Å². The Kier molecular flexibility index (Phi) is 5.84. The van der Waals surface area contributed by atoms with Gasteiger partial charge in [-0.2, -0.15) is 0 Å². The van der Waals surface area contributed by atoms with Gasteiger partial charge in [-0.05, 0) is 56.2 Å². The molecule has 1 heterocycles. The first-order chi connectivity index (χ1) is 13.3. The van der Waals surface area contributed by atoms with Crippen molar-refractivity contribution in [3.05, 3.63) is 73.3 Å². The predicted octanol–water partition coefficient (Wildman–Crippen LogP) is 3.84. The first-order valence-electron chi connectivity index (χ1n) is 9.13. The minimum atomic E-state index is -0.472. The van der Waals surface area contributed by atoms with Crippen LogP contribution in [0, 0.1) is 6.92 Å². The summed E-state index contributed by atoms with van der Waals surface area (Å²) in [5, 5.41) is 3.27. The Hall–Kier alpha value is -2.67. The van der Waals surface area contributed by atoms with Crippen LogP contribution in [0.3, 0.4) is 0 Å². The van der Waals surface area contributed by atoms with Gasteiger partial charge in [-0.15, -0.1) is 0 Å². The number of carbonyl (C=O) groups is 1. The minimum absolute atomic E-state index is 0.175. The summed E-state index contributed by atoms with van der Waals surface area (Å²) < 4.78 is 3.53. The van der Waals surface area contributed by atoms with Crippen LogP contribution in [0.4, 0.5) is 5.69 Å². The number of nitrogens with one attached hydrogen (secondary N) is 1. The molecular formula is C21H22BrN3O3. The number of benzene rings is 2. The molecule has 3 aromatic rings. The number of amides is 1. The SMILES string of the molecule is CC[C@H](C)n1c(=O)c2ccccc2n(CC(=O)Nc2ccc(Br)cc2C)c1=O. The minimum Gasteiger partial charge on any atom is -0.324 e. The summed E-state index contributed by atoms with van der Waals surface area (Å²) in [7, 11) is 0. The molecule has 0 saturated heterocycles. The number of aromatic nitrogens is 2. The van der Waals surface area contributed by atoms with Crippen LogP contribution >= 0.6 is 15.9 Å². The van der Waals surface area contributed by atoms with Gasteiger partial charge in [-0.25, -0.2) is 4.79 Å². The number of fused-ring (bicyclic) bond motifs is 1. The Labute approximate surface area is 170 Å². The Morgan fingerprint density at radius 2 is 1.89 bits per heavy atom. The molecule has 0 spiro atoms. The topological polar surface area (TPSA) is 73.1 Å². The van der Waals surface area contributed by atoms with Gasteiger partial charge in [0, 0.05) is 16.2 Å². The molecule has 7 heteroatoms. The van der Waals surface area contributed by atoms with Gasteiger partial charge in [0.25, 0.3) is 5.56 Å². The molecule has 0 saturated carbocycles. The van der Waals surface area contributed by atoms with E-state index in [2.05, 4.69) is 21.2 Å². The van der Waals surface area contributed by atoms with Gasteiger partial charge >= 0.3 is 5.69 Å². The molecule has 0 aliphatic carbocycles. The first-order valence-corrected chi connectivity index (χ1v) is 9.92. The quantitative estimate of drug-likeness (QED) is 0.650. The van der Waals surface area contributed by atoms with Gasteiger partial charge in [0.1, 0.15) is 6.54 Å². The van der Waals surface area contributed by atoms with Crippen molar-refractivity contribution < 1.29 is 4.79 Å². The highest BCUT2D eigenvalue weighted by Gasteiger charge is 2.18. The van der Waals surface area contributed by atoms with Crippen LogP contribution in [0.5, 0.6) is 0 Å². The second kappa shape index (κ2) is 8.14. The van der Waals surface area contributed by atoms with E-state index in [9.17, 15) is 14.4 Å². The monoisotopic (exact) mass is 443 g/mol. The highest BCUT2D eigenvalue weighted by atomic mass is 79.9. The van der Waals surface area contributed by atoms with E-state index in [1.54, 1.807) is 30.3 Å². The number of carbonyl (C=O) groups excluding carboxylic acids is 1. The third-order valence-electron chi connectivity index (χ3n) is 4.88. The van der Waals surface area contributed by atoms with E-state index in [-0.39, 0.29) is 24.1 Å².